The maximum Gasteiger partial charge on any atom is 0.235 e. The molecule has 8 nitrogen and oxygen atoms in total. The molecule has 2 unspecified atom stereocenters. The van der Waals surface area contributed by atoms with E-state index < -0.39 is 23.2 Å². The molecule has 0 saturated carbocycles. The summed E-state index contributed by atoms with van der Waals surface area (Å²) in [5.41, 5.74) is -0.512. The van der Waals surface area contributed by atoms with Gasteiger partial charge in [-0.1, -0.05) is 0 Å². The molecule has 156 valence electrons. The van der Waals surface area contributed by atoms with Crippen molar-refractivity contribution >= 4 is 11.0 Å². The highest BCUT2D eigenvalue weighted by Gasteiger charge is 2.44. The Kier molecular flexibility index (Phi) is 4.00. The molecule has 0 bridgehead atoms. The fraction of sp³-hybridized carbons (Fsp3) is 0.318. The second-order valence-electron chi connectivity index (χ2n) is 7.81. The van der Waals surface area contributed by atoms with Crippen LogP contribution in [0, 0.1) is 0 Å². The van der Waals surface area contributed by atoms with Gasteiger partial charge in [0.15, 0.2) is 17.3 Å². The Hall–Kier alpha value is -3.23. The molecule has 30 heavy (non-hydrogen) atoms. The van der Waals surface area contributed by atoms with E-state index in [4.69, 9.17) is 23.4 Å². The number of ether oxygens (including phenoxy) is 4. The molecule has 2 atom stereocenters. The predicted molar refractivity (Wildman–Crippen MR) is 106 cm³/mol. The summed E-state index contributed by atoms with van der Waals surface area (Å²) in [6.07, 6.45) is -2.51. The number of aliphatic hydroxyl groups excluding tert-OH is 2. The Morgan fingerprint density at radius 3 is 2.57 bits per heavy atom. The first-order valence-electron chi connectivity index (χ1n) is 9.44. The molecule has 0 radical (unpaired) electrons. The van der Waals surface area contributed by atoms with Crippen molar-refractivity contribution in [3.63, 3.8) is 0 Å². The van der Waals surface area contributed by atoms with E-state index in [0.29, 0.717) is 22.8 Å². The van der Waals surface area contributed by atoms with Gasteiger partial charge < -0.3 is 33.6 Å². The van der Waals surface area contributed by atoms with Gasteiger partial charge in [0, 0.05) is 5.56 Å². The van der Waals surface area contributed by atoms with Crippen molar-refractivity contribution in [3.8, 4) is 34.3 Å². The number of hydrogen-bond acceptors (Lipinski definition) is 8. The molecule has 5 rings (SSSR count). The fourth-order valence-corrected chi connectivity index (χ4v) is 3.91. The highest BCUT2D eigenvalue weighted by atomic mass is 16.7. The van der Waals surface area contributed by atoms with Gasteiger partial charge in [0.1, 0.15) is 29.1 Å². The number of fused-ring (bicyclic) bond motifs is 4. The summed E-state index contributed by atoms with van der Waals surface area (Å²) in [5.74, 6) is 1.65. The maximum absolute atomic E-state index is 13.2. The summed E-state index contributed by atoms with van der Waals surface area (Å²) in [6.45, 7) is 3.47. The molecule has 2 aliphatic heterocycles. The lowest BCUT2D eigenvalue weighted by Crippen LogP contribution is -2.48. The van der Waals surface area contributed by atoms with Crippen LogP contribution < -0.4 is 24.4 Å². The van der Waals surface area contributed by atoms with Crippen molar-refractivity contribution in [2.45, 2.75) is 31.7 Å². The van der Waals surface area contributed by atoms with Crippen molar-refractivity contribution in [1.29, 1.82) is 0 Å². The van der Waals surface area contributed by atoms with Crippen molar-refractivity contribution in [2.24, 2.45) is 0 Å². The van der Waals surface area contributed by atoms with Crippen LogP contribution in [0.15, 0.2) is 39.5 Å². The van der Waals surface area contributed by atoms with E-state index in [1.54, 1.807) is 44.2 Å². The van der Waals surface area contributed by atoms with E-state index >= 15 is 0 Å². The zero-order valence-electron chi connectivity index (χ0n) is 16.6. The van der Waals surface area contributed by atoms with Crippen LogP contribution in [0.5, 0.6) is 23.0 Å². The molecule has 0 spiro atoms. The highest BCUT2D eigenvalue weighted by molar-refractivity contribution is 5.87. The molecule has 0 fully saturated rings. The molecule has 8 heteroatoms. The molecule has 2 aromatic carbocycles. The van der Waals surface area contributed by atoms with Gasteiger partial charge in [-0.3, -0.25) is 4.79 Å². The van der Waals surface area contributed by atoms with Gasteiger partial charge in [0.25, 0.3) is 0 Å². The standard InChI is InChI=1S/C22H20O8/c1-22(2)21(25)17(24)15-13(30-22)7-5-11-16(23)20(26-3)18(29-19(11)15)10-4-6-12-14(8-10)28-9-27-12/h4-8,17,21,24-25H,9H2,1-3H3. The lowest BCUT2D eigenvalue weighted by molar-refractivity contribution is -0.111. The normalized spacial score (nSPS) is 21.2. The van der Waals surface area contributed by atoms with Gasteiger partial charge in [0.2, 0.25) is 18.0 Å². The minimum atomic E-state index is -1.30. The van der Waals surface area contributed by atoms with Crippen molar-refractivity contribution in [3.05, 3.63) is 46.1 Å². The first-order valence-corrected chi connectivity index (χ1v) is 9.44. The maximum atomic E-state index is 13.2. The molecular formula is C22H20O8. The minimum absolute atomic E-state index is 0.0217. The van der Waals surface area contributed by atoms with E-state index in [1.807, 2.05) is 0 Å². The summed E-state index contributed by atoms with van der Waals surface area (Å²) in [4.78, 5) is 13.2. The van der Waals surface area contributed by atoms with Crippen LogP contribution in [0.2, 0.25) is 0 Å². The van der Waals surface area contributed by atoms with E-state index in [1.165, 1.54) is 7.11 Å². The lowest BCUT2D eigenvalue weighted by Gasteiger charge is -2.40. The van der Waals surface area contributed by atoms with Crippen LogP contribution >= 0.6 is 0 Å². The summed E-state index contributed by atoms with van der Waals surface area (Å²) < 4.78 is 28.1. The van der Waals surface area contributed by atoms with Gasteiger partial charge >= 0.3 is 0 Å². The Morgan fingerprint density at radius 2 is 1.80 bits per heavy atom. The largest absolute Gasteiger partial charge is 0.490 e. The summed E-state index contributed by atoms with van der Waals surface area (Å²) in [6, 6.07) is 8.28. The Balaban J connectivity index is 1.80. The van der Waals surface area contributed by atoms with E-state index in [0.717, 1.165) is 0 Å². The number of benzene rings is 2. The van der Waals surface area contributed by atoms with Crippen LogP contribution in [0.25, 0.3) is 22.3 Å². The summed E-state index contributed by atoms with van der Waals surface area (Å²) in [7, 11) is 1.39. The monoisotopic (exact) mass is 412 g/mol. The van der Waals surface area contributed by atoms with Crippen LogP contribution in [0.1, 0.15) is 25.5 Å². The fourth-order valence-electron chi connectivity index (χ4n) is 3.91. The molecule has 0 aliphatic carbocycles. The second-order valence-corrected chi connectivity index (χ2v) is 7.81. The molecular weight excluding hydrogens is 392 g/mol. The Labute approximate surface area is 171 Å². The minimum Gasteiger partial charge on any atom is -0.490 e. The molecule has 3 aromatic rings. The number of aliphatic hydroxyl groups is 2. The zero-order chi connectivity index (χ0) is 21.2. The molecule has 1 aromatic heterocycles. The third-order valence-corrected chi connectivity index (χ3v) is 5.54. The Bertz CT molecular complexity index is 1230. The Morgan fingerprint density at radius 1 is 1.07 bits per heavy atom. The average molecular weight is 412 g/mol. The number of methoxy groups -OCH3 is 1. The molecule has 2 aliphatic rings. The van der Waals surface area contributed by atoms with E-state index in [2.05, 4.69) is 0 Å². The summed E-state index contributed by atoms with van der Waals surface area (Å²) >= 11 is 0. The quantitative estimate of drug-likeness (QED) is 0.662. The van der Waals surface area contributed by atoms with Crippen molar-refractivity contribution in [1.82, 2.24) is 0 Å². The molecule has 0 amide bonds. The summed E-state index contributed by atoms with van der Waals surface area (Å²) in [5, 5.41) is 21.5. The van der Waals surface area contributed by atoms with Crippen molar-refractivity contribution < 1.29 is 33.6 Å². The van der Waals surface area contributed by atoms with E-state index in [9.17, 15) is 15.0 Å². The SMILES string of the molecule is COc1c(-c2ccc3c(c2)OCO3)oc2c3c(ccc2c1=O)OC(C)(C)C(O)C3O. The second kappa shape index (κ2) is 6.38. The highest BCUT2D eigenvalue weighted by Crippen LogP contribution is 2.45. The number of hydrogen-bond donors (Lipinski definition) is 2. The third-order valence-electron chi connectivity index (χ3n) is 5.54. The van der Waals surface area contributed by atoms with E-state index in [-0.39, 0.29) is 34.8 Å². The topological polar surface area (TPSA) is 108 Å². The number of rotatable bonds is 2. The van der Waals surface area contributed by atoms with Gasteiger partial charge in [-0.2, -0.15) is 0 Å². The molecule has 3 heterocycles. The van der Waals surface area contributed by atoms with Gasteiger partial charge in [-0.05, 0) is 44.2 Å². The third kappa shape index (κ3) is 2.57. The first kappa shape index (κ1) is 18.8. The van der Waals surface area contributed by atoms with Gasteiger partial charge in [0.05, 0.1) is 18.1 Å². The first-order chi connectivity index (χ1) is 14.3. The van der Waals surface area contributed by atoms with Gasteiger partial charge in [-0.15, -0.1) is 0 Å². The molecule has 0 saturated heterocycles. The van der Waals surface area contributed by atoms with Crippen LogP contribution in [-0.2, 0) is 0 Å². The van der Waals surface area contributed by atoms with Gasteiger partial charge in [-0.25, -0.2) is 0 Å². The predicted octanol–water partition coefficient (Wildman–Crippen LogP) is 2.76. The van der Waals surface area contributed by atoms with Crippen LogP contribution in [0.4, 0.5) is 0 Å². The van der Waals surface area contributed by atoms with Crippen LogP contribution in [-0.4, -0.2) is 35.8 Å². The average Bonchev–Trinajstić information content (AvgIpc) is 3.19. The van der Waals surface area contributed by atoms with Crippen molar-refractivity contribution in [2.75, 3.05) is 13.9 Å². The molecule has 2 N–H and O–H groups in total. The zero-order valence-corrected chi connectivity index (χ0v) is 16.6. The van der Waals surface area contributed by atoms with Crippen LogP contribution in [0.3, 0.4) is 0 Å². The lowest BCUT2D eigenvalue weighted by atomic mass is 9.87. The smallest absolute Gasteiger partial charge is 0.235 e.